The fourth-order valence-corrected chi connectivity index (χ4v) is 4.06. The first-order chi connectivity index (χ1) is 14.0. The lowest BCUT2D eigenvalue weighted by Crippen LogP contribution is -2.33. The van der Waals surface area contributed by atoms with Crippen LogP contribution in [0.2, 0.25) is 0 Å². The lowest BCUT2D eigenvalue weighted by Gasteiger charge is -2.31. The second-order valence-electron chi connectivity index (χ2n) is 6.25. The maximum Gasteiger partial charge on any atom is 0.260 e. The van der Waals surface area contributed by atoms with Crippen LogP contribution in [0.15, 0.2) is 75.6 Å². The molecule has 0 atom stereocenters. The molecule has 0 unspecified atom stereocenters. The van der Waals surface area contributed by atoms with Gasteiger partial charge < -0.3 is 10.0 Å². The van der Waals surface area contributed by atoms with Crippen LogP contribution < -0.4 is 10.3 Å². The smallest absolute Gasteiger partial charge is 0.260 e. The summed E-state index contributed by atoms with van der Waals surface area (Å²) in [6.45, 7) is 0.0181. The van der Waals surface area contributed by atoms with Gasteiger partial charge in [0.2, 0.25) is 0 Å². The van der Waals surface area contributed by atoms with Crippen molar-refractivity contribution in [3.63, 3.8) is 0 Å². The zero-order chi connectivity index (χ0) is 20.4. The number of halogens is 2. The Bertz CT molecular complexity index is 1050. The van der Waals surface area contributed by atoms with E-state index in [1.807, 2.05) is 53.4 Å². The van der Waals surface area contributed by atoms with Crippen molar-refractivity contribution in [2.24, 2.45) is 5.10 Å². The summed E-state index contributed by atoms with van der Waals surface area (Å²) < 4.78 is 26.7. The van der Waals surface area contributed by atoms with E-state index in [1.54, 1.807) is 11.8 Å². The molecule has 29 heavy (non-hydrogen) atoms. The number of nitrogens with one attached hydrogen (secondary N) is 1. The van der Waals surface area contributed by atoms with E-state index in [0.29, 0.717) is 0 Å². The maximum absolute atomic E-state index is 13.4. The predicted octanol–water partition coefficient (Wildman–Crippen LogP) is 4.42. The van der Waals surface area contributed by atoms with E-state index in [0.717, 1.165) is 39.5 Å². The van der Waals surface area contributed by atoms with Gasteiger partial charge >= 0.3 is 0 Å². The Morgan fingerprint density at radius 1 is 1.03 bits per heavy atom. The number of anilines is 2. The molecule has 0 saturated carbocycles. The number of nitrogens with zero attached hydrogens (tertiary/aromatic N) is 2. The third kappa shape index (κ3) is 3.93. The van der Waals surface area contributed by atoms with E-state index in [4.69, 9.17) is 5.11 Å². The summed E-state index contributed by atoms with van der Waals surface area (Å²) in [6, 6.07) is 17.4. The molecule has 3 aromatic carbocycles. The van der Waals surface area contributed by atoms with Crippen molar-refractivity contribution < 1.29 is 18.7 Å². The summed E-state index contributed by atoms with van der Waals surface area (Å²) in [6.07, 6.45) is 1.11. The quantitative estimate of drug-likeness (QED) is 0.493. The number of benzene rings is 3. The van der Waals surface area contributed by atoms with E-state index in [9.17, 15) is 13.6 Å². The highest BCUT2D eigenvalue weighted by Gasteiger charge is 2.24. The Morgan fingerprint density at radius 2 is 1.59 bits per heavy atom. The monoisotopic (exact) mass is 411 g/mol. The summed E-state index contributed by atoms with van der Waals surface area (Å²) in [5.74, 6) is -3.64. The van der Waals surface area contributed by atoms with E-state index >= 15 is 0 Å². The van der Waals surface area contributed by atoms with Crippen molar-refractivity contribution in [3.05, 3.63) is 77.9 Å². The molecule has 0 fully saturated rings. The molecule has 2 N–H and O–H groups in total. The van der Waals surface area contributed by atoms with Crippen LogP contribution in [0.1, 0.15) is 5.56 Å². The summed E-state index contributed by atoms with van der Waals surface area (Å²) in [5.41, 5.74) is 4.27. The zero-order valence-corrected chi connectivity index (χ0v) is 15.8. The van der Waals surface area contributed by atoms with E-state index in [2.05, 4.69) is 10.5 Å². The summed E-state index contributed by atoms with van der Waals surface area (Å²) >= 11 is 1.64. The van der Waals surface area contributed by atoms with Gasteiger partial charge in [0.15, 0.2) is 17.4 Å². The molecule has 1 amide bonds. The number of hydrogen-bond acceptors (Lipinski definition) is 5. The Labute approximate surface area is 169 Å². The number of hydrogen-bond donors (Lipinski definition) is 2. The van der Waals surface area contributed by atoms with Crippen LogP contribution in [-0.4, -0.2) is 23.8 Å². The van der Waals surface area contributed by atoms with Gasteiger partial charge in [0.05, 0.1) is 17.6 Å². The van der Waals surface area contributed by atoms with Crippen LogP contribution in [0.25, 0.3) is 0 Å². The van der Waals surface area contributed by atoms with Crippen LogP contribution in [-0.2, 0) is 4.79 Å². The lowest BCUT2D eigenvalue weighted by atomic mass is 10.2. The number of aromatic hydroxyl groups is 1. The SMILES string of the molecule is O=C(CN1c2ccccc2Sc2ccccc21)N/N=C/c1cc(F)c(O)c(F)c1. The molecule has 0 spiro atoms. The van der Waals surface area contributed by atoms with Gasteiger partial charge in [-0.25, -0.2) is 14.2 Å². The molecule has 0 aromatic heterocycles. The number of amides is 1. The number of hydrazone groups is 1. The second kappa shape index (κ2) is 7.92. The number of para-hydroxylation sites is 2. The molecule has 1 heterocycles. The highest BCUT2D eigenvalue weighted by Crippen LogP contribution is 2.47. The number of phenols is 1. The zero-order valence-electron chi connectivity index (χ0n) is 15.0. The van der Waals surface area contributed by atoms with Gasteiger partial charge in [-0.2, -0.15) is 5.10 Å². The highest BCUT2D eigenvalue weighted by molar-refractivity contribution is 7.99. The normalized spacial score (nSPS) is 12.6. The van der Waals surface area contributed by atoms with Gasteiger partial charge in [-0.15, -0.1) is 0 Å². The molecule has 1 aliphatic rings. The fourth-order valence-electron chi connectivity index (χ4n) is 2.97. The highest BCUT2D eigenvalue weighted by atomic mass is 32.2. The summed E-state index contributed by atoms with van der Waals surface area (Å²) in [5, 5.41) is 12.9. The number of carbonyl (C=O) groups is 1. The molecule has 0 bridgehead atoms. The second-order valence-corrected chi connectivity index (χ2v) is 7.33. The molecular weight excluding hydrogens is 396 g/mol. The van der Waals surface area contributed by atoms with Crippen molar-refractivity contribution in [1.82, 2.24) is 5.43 Å². The van der Waals surface area contributed by atoms with Crippen LogP contribution in [0, 0.1) is 11.6 Å². The molecule has 1 aliphatic heterocycles. The topological polar surface area (TPSA) is 64.9 Å². The van der Waals surface area contributed by atoms with E-state index < -0.39 is 23.3 Å². The van der Waals surface area contributed by atoms with Crippen molar-refractivity contribution in [3.8, 4) is 5.75 Å². The van der Waals surface area contributed by atoms with Crippen LogP contribution >= 0.6 is 11.8 Å². The number of carbonyl (C=O) groups excluding carboxylic acids is 1. The maximum atomic E-state index is 13.4. The third-order valence-corrected chi connectivity index (χ3v) is 5.41. The number of fused-ring (bicyclic) bond motifs is 2. The first-order valence-corrected chi connectivity index (χ1v) is 9.48. The average molecular weight is 411 g/mol. The molecule has 4 rings (SSSR count). The van der Waals surface area contributed by atoms with Crippen LogP contribution in [0.3, 0.4) is 0 Å². The average Bonchev–Trinajstić information content (AvgIpc) is 2.72. The molecule has 146 valence electrons. The number of phenolic OH excluding ortho intramolecular Hbond substituents is 1. The minimum absolute atomic E-state index is 0.0181. The van der Waals surface area contributed by atoms with E-state index in [1.165, 1.54) is 0 Å². The van der Waals surface area contributed by atoms with Crippen LogP contribution in [0.4, 0.5) is 20.2 Å². The number of rotatable bonds is 4. The Kier molecular flexibility index (Phi) is 5.18. The first kappa shape index (κ1) is 18.9. The van der Waals surface area contributed by atoms with Crippen molar-refractivity contribution in [2.75, 3.05) is 11.4 Å². The lowest BCUT2D eigenvalue weighted by molar-refractivity contribution is -0.119. The molecule has 8 heteroatoms. The first-order valence-electron chi connectivity index (χ1n) is 8.66. The Morgan fingerprint density at radius 3 is 2.17 bits per heavy atom. The standard InChI is InChI=1S/C21H15F2N3O2S/c22-14-9-13(10-15(23)21(14)28)11-24-25-20(27)12-26-16-5-1-3-7-18(16)29-19-8-4-2-6-17(19)26/h1-11,28H,12H2,(H,25,27)/b24-11+. The van der Waals surface area contributed by atoms with Gasteiger partial charge in [0, 0.05) is 15.4 Å². The van der Waals surface area contributed by atoms with Crippen molar-refractivity contribution in [2.45, 2.75) is 9.79 Å². The van der Waals surface area contributed by atoms with Gasteiger partial charge in [-0.1, -0.05) is 36.0 Å². The predicted molar refractivity (Wildman–Crippen MR) is 108 cm³/mol. The van der Waals surface area contributed by atoms with Crippen LogP contribution in [0.5, 0.6) is 5.75 Å². The minimum atomic E-state index is -1.10. The third-order valence-electron chi connectivity index (χ3n) is 4.28. The molecule has 0 saturated heterocycles. The van der Waals surface area contributed by atoms with Gasteiger partial charge in [-0.3, -0.25) is 4.79 Å². The largest absolute Gasteiger partial charge is 0.503 e. The van der Waals surface area contributed by atoms with Gasteiger partial charge in [-0.05, 0) is 36.4 Å². The summed E-state index contributed by atoms with van der Waals surface area (Å²) in [7, 11) is 0. The van der Waals surface area contributed by atoms with Gasteiger partial charge in [0.1, 0.15) is 6.54 Å². The molecule has 3 aromatic rings. The van der Waals surface area contributed by atoms with Crippen molar-refractivity contribution in [1.29, 1.82) is 0 Å². The fraction of sp³-hybridized carbons (Fsp3) is 0.0476. The minimum Gasteiger partial charge on any atom is -0.503 e. The molecule has 0 radical (unpaired) electrons. The van der Waals surface area contributed by atoms with Crippen molar-refractivity contribution >= 4 is 35.3 Å². The Balaban J connectivity index is 1.50. The molecule has 0 aliphatic carbocycles. The molecule has 5 nitrogen and oxygen atoms in total. The summed E-state index contributed by atoms with van der Waals surface area (Å²) in [4.78, 5) is 16.4. The molecular formula is C21H15F2N3O2S. The Hall–Kier alpha value is -3.39. The van der Waals surface area contributed by atoms with E-state index in [-0.39, 0.29) is 12.1 Å². The van der Waals surface area contributed by atoms with Gasteiger partial charge in [0.25, 0.3) is 5.91 Å².